The minimum Gasteiger partial charge on any atom is -0.497 e. The van der Waals surface area contributed by atoms with Gasteiger partial charge in [0.05, 0.1) is 12.6 Å². The van der Waals surface area contributed by atoms with Crippen molar-refractivity contribution in [3.05, 3.63) is 53.6 Å². The van der Waals surface area contributed by atoms with Crippen LogP contribution in [0.25, 0.3) is 10.9 Å². The summed E-state index contributed by atoms with van der Waals surface area (Å²) in [4.78, 5) is 17.2. The first kappa shape index (κ1) is 18.3. The van der Waals surface area contributed by atoms with Gasteiger partial charge in [-0.05, 0) is 42.9 Å². The third-order valence-electron chi connectivity index (χ3n) is 5.22. The molecular formula is C21H25N5O2. The van der Waals surface area contributed by atoms with Crippen LogP contribution in [-0.4, -0.2) is 61.3 Å². The summed E-state index contributed by atoms with van der Waals surface area (Å²) < 4.78 is 5.15. The number of hydrogen-bond donors (Lipinski definition) is 2. The topological polar surface area (TPSA) is 73.5 Å². The van der Waals surface area contributed by atoms with E-state index < -0.39 is 0 Å². The molecule has 0 saturated carbocycles. The Kier molecular flexibility index (Phi) is 5.16. The Bertz CT molecular complexity index is 959. The lowest BCUT2D eigenvalue weighted by atomic mass is 10.1. The number of fused-ring (bicyclic) bond motifs is 1. The smallest absolute Gasteiger partial charge is 0.251 e. The predicted molar refractivity (Wildman–Crippen MR) is 110 cm³/mol. The van der Waals surface area contributed by atoms with Crippen LogP contribution in [0.2, 0.25) is 0 Å². The SMILES string of the molecule is COc1ccc(CNC(=O)c2ccc3c(N4CCN(C)CC4)n[nH]c3c2)cc1. The number of carbonyl (C=O) groups is 1. The highest BCUT2D eigenvalue weighted by atomic mass is 16.5. The number of ether oxygens (including phenoxy) is 1. The number of methoxy groups -OCH3 is 1. The average molecular weight is 379 g/mol. The number of anilines is 1. The molecule has 2 N–H and O–H groups in total. The molecule has 3 aromatic rings. The third-order valence-corrected chi connectivity index (χ3v) is 5.22. The van der Waals surface area contributed by atoms with Gasteiger partial charge in [-0.1, -0.05) is 12.1 Å². The maximum atomic E-state index is 12.5. The Morgan fingerprint density at radius 3 is 2.61 bits per heavy atom. The molecule has 1 aliphatic heterocycles. The van der Waals surface area contributed by atoms with Gasteiger partial charge in [0.1, 0.15) is 5.75 Å². The monoisotopic (exact) mass is 379 g/mol. The molecule has 146 valence electrons. The van der Waals surface area contributed by atoms with E-state index in [1.807, 2.05) is 42.5 Å². The third kappa shape index (κ3) is 3.80. The summed E-state index contributed by atoms with van der Waals surface area (Å²) in [5, 5.41) is 11.6. The Hall–Kier alpha value is -3.06. The maximum absolute atomic E-state index is 12.5. The van der Waals surface area contributed by atoms with Crippen LogP contribution in [0, 0.1) is 0 Å². The van der Waals surface area contributed by atoms with E-state index in [0.717, 1.165) is 54.2 Å². The highest BCUT2D eigenvalue weighted by Crippen LogP contribution is 2.25. The summed E-state index contributed by atoms with van der Waals surface area (Å²) >= 11 is 0. The number of piperazine rings is 1. The van der Waals surface area contributed by atoms with Gasteiger partial charge in [-0.25, -0.2) is 0 Å². The molecule has 2 aromatic carbocycles. The zero-order chi connectivity index (χ0) is 19.5. The summed E-state index contributed by atoms with van der Waals surface area (Å²) in [6.45, 7) is 4.44. The van der Waals surface area contributed by atoms with Crippen LogP contribution in [0.5, 0.6) is 5.75 Å². The van der Waals surface area contributed by atoms with E-state index in [1.165, 1.54) is 0 Å². The standard InChI is InChI=1S/C21H25N5O2/c1-25-9-11-26(12-10-25)20-18-8-5-16(13-19(18)23-24-20)21(27)22-14-15-3-6-17(28-2)7-4-15/h3-8,13H,9-12,14H2,1-2H3,(H,22,27)(H,23,24). The largest absolute Gasteiger partial charge is 0.497 e. The van der Waals surface area contributed by atoms with Crippen LogP contribution < -0.4 is 15.0 Å². The van der Waals surface area contributed by atoms with Crippen LogP contribution in [0.1, 0.15) is 15.9 Å². The summed E-state index contributed by atoms with van der Waals surface area (Å²) in [7, 11) is 3.77. The second kappa shape index (κ2) is 7.90. The minimum atomic E-state index is -0.103. The zero-order valence-corrected chi connectivity index (χ0v) is 16.2. The van der Waals surface area contributed by atoms with Crippen LogP contribution in [0.4, 0.5) is 5.82 Å². The quantitative estimate of drug-likeness (QED) is 0.711. The van der Waals surface area contributed by atoms with Gasteiger partial charge in [-0.3, -0.25) is 9.89 Å². The number of amides is 1. The molecule has 7 nitrogen and oxygen atoms in total. The number of aromatic amines is 1. The van der Waals surface area contributed by atoms with Gasteiger partial charge in [0.2, 0.25) is 0 Å². The summed E-state index contributed by atoms with van der Waals surface area (Å²) in [5.41, 5.74) is 2.52. The number of hydrogen-bond acceptors (Lipinski definition) is 5. The highest BCUT2D eigenvalue weighted by Gasteiger charge is 2.19. The van der Waals surface area contributed by atoms with Gasteiger partial charge in [0.15, 0.2) is 5.82 Å². The molecule has 7 heteroatoms. The fraction of sp³-hybridized carbons (Fsp3) is 0.333. The molecular weight excluding hydrogens is 354 g/mol. The molecule has 0 unspecified atom stereocenters. The van der Waals surface area contributed by atoms with E-state index in [2.05, 4.69) is 32.4 Å². The molecule has 0 aliphatic carbocycles. The van der Waals surface area contributed by atoms with Gasteiger partial charge in [-0.15, -0.1) is 0 Å². The maximum Gasteiger partial charge on any atom is 0.251 e. The molecule has 4 rings (SSSR count). The number of benzene rings is 2. The van der Waals surface area contributed by atoms with Gasteiger partial charge in [0, 0.05) is 43.7 Å². The zero-order valence-electron chi connectivity index (χ0n) is 16.2. The molecule has 1 aliphatic rings. The number of nitrogens with zero attached hydrogens (tertiary/aromatic N) is 3. The molecule has 0 bridgehead atoms. The molecule has 1 aromatic heterocycles. The molecule has 28 heavy (non-hydrogen) atoms. The molecule has 0 spiro atoms. The molecule has 0 atom stereocenters. The number of likely N-dealkylation sites (N-methyl/N-ethyl adjacent to an activating group) is 1. The van der Waals surface area contributed by atoms with Crippen molar-refractivity contribution >= 4 is 22.6 Å². The second-order valence-corrected chi connectivity index (χ2v) is 7.13. The number of rotatable bonds is 5. The molecule has 2 heterocycles. The first-order chi connectivity index (χ1) is 13.6. The minimum absolute atomic E-state index is 0.103. The fourth-order valence-electron chi connectivity index (χ4n) is 3.43. The fourth-order valence-corrected chi connectivity index (χ4v) is 3.43. The van der Waals surface area contributed by atoms with E-state index >= 15 is 0 Å². The van der Waals surface area contributed by atoms with Crippen molar-refractivity contribution in [2.45, 2.75) is 6.54 Å². The predicted octanol–water partition coefficient (Wildman–Crippen LogP) is 2.25. The summed E-state index contributed by atoms with van der Waals surface area (Å²) in [5.74, 6) is 1.66. The van der Waals surface area contributed by atoms with Gasteiger partial charge >= 0.3 is 0 Å². The number of aromatic nitrogens is 2. The molecule has 1 fully saturated rings. The van der Waals surface area contributed by atoms with E-state index in [0.29, 0.717) is 12.1 Å². The lowest BCUT2D eigenvalue weighted by molar-refractivity contribution is 0.0951. The van der Waals surface area contributed by atoms with Crippen molar-refractivity contribution in [3.63, 3.8) is 0 Å². The van der Waals surface area contributed by atoms with Crippen molar-refractivity contribution in [2.24, 2.45) is 0 Å². The van der Waals surface area contributed by atoms with Crippen molar-refractivity contribution < 1.29 is 9.53 Å². The average Bonchev–Trinajstić information content (AvgIpc) is 3.16. The highest BCUT2D eigenvalue weighted by molar-refractivity contribution is 6.00. The Balaban J connectivity index is 1.44. The van der Waals surface area contributed by atoms with Crippen molar-refractivity contribution in [2.75, 3.05) is 45.2 Å². The second-order valence-electron chi connectivity index (χ2n) is 7.13. The molecule has 1 amide bonds. The summed E-state index contributed by atoms with van der Waals surface area (Å²) in [6.07, 6.45) is 0. The Morgan fingerprint density at radius 1 is 1.14 bits per heavy atom. The number of H-pyrrole nitrogens is 1. The van der Waals surface area contributed by atoms with Crippen molar-refractivity contribution in [1.29, 1.82) is 0 Å². The summed E-state index contributed by atoms with van der Waals surface area (Å²) in [6, 6.07) is 13.4. The van der Waals surface area contributed by atoms with E-state index in [-0.39, 0.29) is 5.91 Å². The Labute approximate surface area is 164 Å². The van der Waals surface area contributed by atoms with Crippen LogP contribution in [0.3, 0.4) is 0 Å². The lowest BCUT2D eigenvalue weighted by Crippen LogP contribution is -2.44. The van der Waals surface area contributed by atoms with Crippen molar-refractivity contribution in [3.8, 4) is 5.75 Å². The van der Waals surface area contributed by atoms with Gasteiger partial charge in [-0.2, -0.15) is 5.10 Å². The van der Waals surface area contributed by atoms with Gasteiger partial charge in [0.25, 0.3) is 5.91 Å². The normalized spacial score (nSPS) is 15.0. The first-order valence-electron chi connectivity index (χ1n) is 9.47. The van der Waals surface area contributed by atoms with E-state index in [4.69, 9.17) is 4.74 Å². The number of carbonyl (C=O) groups excluding carboxylic acids is 1. The van der Waals surface area contributed by atoms with Gasteiger partial charge < -0.3 is 19.9 Å². The molecule has 1 saturated heterocycles. The van der Waals surface area contributed by atoms with Crippen LogP contribution >= 0.6 is 0 Å². The van der Waals surface area contributed by atoms with Crippen molar-refractivity contribution in [1.82, 2.24) is 20.4 Å². The lowest BCUT2D eigenvalue weighted by Gasteiger charge is -2.32. The Morgan fingerprint density at radius 2 is 1.89 bits per heavy atom. The first-order valence-corrected chi connectivity index (χ1v) is 9.47. The van der Waals surface area contributed by atoms with E-state index in [9.17, 15) is 4.79 Å². The number of nitrogens with one attached hydrogen (secondary N) is 2. The van der Waals surface area contributed by atoms with Crippen LogP contribution in [-0.2, 0) is 6.54 Å². The van der Waals surface area contributed by atoms with Crippen LogP contribution in [0.15, 0.2) is 42.5 Å². The van der Waals surface area contributed by atoms with E-state index in [1.54, 1.807) is 7.11 Å². The molecule has 0 radical (unpaired) electrons.